The van der Waals surface area contributed by atoms with Gasteiger partial charge in [-0.15, -0.1) is 0 Å². The fraction of sp³-hybridized carbons (Fsp3) is 0.368. The van der Waals surface area contributed by atoms with E-state index in [1.807, 2.05) is 20.8 Å². The SMILES string of the molecule is CCOc1ccncc1NS(=O)(=O)c1ccccc1C(=O)N[C@@H](C)C(C)C. The van der Waals surface area contributed by atoms with Crippen molar-refractivity contribution in [3.63, 3.8) is 0 Å². The number of aromatic nitrogens is 1. The lowest BCUT2D eigenvalue weighted by atomic mass is 10.1. The number of benzene rings is 1. The zero-order chi connectivity index (χ0) is 20.0. The van der Waals surface area contributed by atoms with Gasteiger partial charge in [-0.25, -0.2) is 8.42 Å². The highest BCUT2D eigenvalue weighted by atomic mass is 32.2. The largest absolute Gasteiger partial charge is 0.492 e. The maximum atomic E-state index is 12.9. The van der Waals surface area contributed by atoms with Gasteiger partial charge in [0.2, 0.25) is 0 Å². The Labute approximate surface area is 160 Å². The van der Waals surface area contributed by atoms with Gasteiger partial charge in [-0.05, 0) is 31.9 Å². The summed E-state index contributed by atoms with van der Waals surface area (Å²) >= 11 is 0. The summed E-state index contributed by atoms with van der Waals surface area (Å²) in [6.45, 7) is 8.01. The lowest BCUT2D eigenvalue weighted by Crippen LogP contribution is -2.37. The monoisotopic (exact) mass is 391 g/mol. The van der Waals surface area contributed by atoms with Gasteiger partial charge in [0, 0.05) is 18.3 Å². The Morgan fingerprint density at radius 2 is 1.89 bits per heavy atom. The number of carbonyl (C=O) groups excluding carboxylic acids is 1. The Balaban J connectivity index is 2.36. The number of carbonyl (C=O) groups is 1. The summed E-state index contributed by atoms with van der Waals surface area (Å²) in [5, 5.41) is 2.84. The molecule has 1 atom stereocenters. The zero-order valence-electron chi connectivity index (χ0n) is 15.9. The molecule has 0 spiro atoms. The average molecular weight is 391 g/mol. The third-order valence-electron chi connectivity index (χ3n) is 4.11. The highest BCUT2D eigenvalue weighted by Gasteiger charge is 2.24. The normalized spacial score (nSPS) is 12.5. The molecule has 2 aromatic rings. The topological polar surface area (TPSA) is 97.4 Å². The van der Waals surface area contributed by atoms with E-state index in [0.29, 0.717) is 12.4 Å². The standard InChI is InChI=1S/C19H25N3O4S/c1-5-26-17-10-11-20-12-16(17)22-27(24,25)18-9-7-6-8-15(18)19(23)21-14(4)13(2)3/h6-14,22H,5H2,1-4H3,(H,21,23)/t14-/m0/s1. The van der Waals surface area contributed by atoms with Crippen LogP contribution in [0.5, 0.6) is 5.75 Å². The summed E-state index contributed by atoms with van der Waals surface area (Å²) in [6, 6.07) is 7.57. The highest BCUT2D eigenvalue weighted by Crippen LogP contribution is 2.26. The van der Waals surface area contributed by atoms with E-state index in [1.165, 1.54) is 24.5 Å². The van der Waals surface area contributed by atoms with Crippen molar-refractivity contribution in [2.24, 2.45) is 5.92 Å². The van der Waals surface area contributed by atoms with Crippen molar-refractivity contribution in [3.8, 4) is 5.75 Å². The molecule has 0 saturated carbocycles. The van der Waals surface area contributed by atoms with Crippen LogP contribution in [0.3, 0.4) is 0 Å². The maximum Gasteiger partial charge on any atom is 0.262 e. The van der Waals surface area contributed by atoms with E-state index in [2.05, 4.69) is 15.0 Å². The van der Waals surface area contributed by atoms with Crippen LogP contribution in [0, 0.1) is 5.92 Å². The fourth-order valence-electron chi connectivity index (χ4n) is 2.28. The van der Waals surface area contributed by atoms with Crippen LogP contribution in [0.2, 0.25) is 0 Å². The number of amides is 1. The molecule has 0 bridgehead atoms. The quantitative estimate of drug-likeness (QED) is 0.721. The number of ether oxygens (including phenoxy) is 1. The number of hydrogen-bond donors (Lipinski definition) is 2. The molecule has 0 radical (unpaired) electrons. The molecule has 146 valence electrons. The predicted molar refractivity (Wildman–Crippen MR) is 104 cm³/mol. The molecule has 0 aliphatic rings. The Bertz CT molecular complexity index is 897. The molecular weight excluding hydrogens is 366 g/mol. The Hall–Kier alpha value is -2.61. The summed E-state index contributed by atoms with van der Waals surface area (Å²) in [7, 11) is -4.02. The molecule has 1 aromatic heterocycles. The summed E-state index contributed by atoms with van der Waals surface area (Å²) in [5.74, 6) is 0.153. The summed E-state index contributed by atoms with van der Waals surface area (Å²) in [4.78, 5) is 16.4. The molecule has 1 amide bonds. The first-order valence-electron chi connectivity index (χ1n) is 8.75. The minimum absolute atomic E-state index is 0.0827. The van der Waals surface area contributed by atoms with Crippen molar-refractivity contribution in [1.82, 2.24) is 10.3 Å². The zero-order valence-corrected chi connectivity index (χ0v) is 16.7. The van der Waals surface area contributed by atoms with Crippen molar-refractivity contribution >= 4 is 21.6 Å². The second kappa shape index (κ2) is 8.85. The Morgan fingerprint density at radius 1 is 1.19 bits per heavy atom. The van der Waals surface area contributed by atoms with E-state index in [-0.39, 0.29) is 28.1 Å². The molecule has 1 heterocycles. The third kappa shape index (κ3) is 5.19. The summed E-state index contributed by atoms with van der Waals surface area (Å²) < 4.78 is 33.8. The van der Waals surface area contributed by atoms with Crippen molar-refractivity contribution in [2.45, 2.75) is 38.6 Å². The molecule has 0 aliphatic carbocycles. The molecule has 8 heteroatoms. The minimum Gasteiger partial charge on any atom is -0.492 e. The molecule has 7 nitrogen and oxygen atoms in total. The van der Waals surface area contributed by atoms with Crippen LogP contribution in [0.4, 0.5) is 5.69 Å². The van der Waals surface area contributed by atoms with Gasteiger partial charge < -0.3 is 10.1 Å². The first kappa shape index (κ1) is 20.7. The van der Waals surface area contributed by atoms with E-state index < -0.39 is 15.9 Å². The lowest BCUT2D eigenvalue weighted by Gasteiger charge is -2.19. The van der Waals surface area contributed by atoms with Crippen LogP contribution in [-0.4, -0.2) is 32.0 Å². The van der Waals surface area contributed by atoms with Crippen molar-refractivity contribution in [3.05, 3.63) is 48.3 Å². The summed E-state index contributed by atoms with van der Waals surface area (Å²) in [6.07, 6.45) is 2.88. The smallest absolute Gasteiger partial charge is 0.262 e. The van der Waals surface area contributed by atoms with Gasteiger partial charge in [0.05, 0.1) is 18.4 Å². The minimum atomic E-state index is -4.02. The summed E-state index contributed by atoms with van der Waals surface area (Å²) in [5.41, 5.74) is 0.296. The average Bonchev–Trinajstić information content (AvgIpc) is 2.63. The maximum absolute atomic E-state index is 12.9. The first-order valence-corrected chi connectivity index (χ1v) is 10.2. The van der Waals surface area contributed by atoms with Gasteiger partial charge in [0.1, 0.15) is 16.3 Å². The van der Waals surface area contributed by atoms with Crippen molar-refractivity contribution < 1.29 is 17.9 Å². The van der Waals surface area contributed by atoms with Gasteiger partial charge in [-0.3, -0.25) is 14.5 Å². The fourth-order valence-corrected chi connectivity index (χ4v) is 3.54. The molecule has 0 saturated heterocycles. The number of anilines is 1. The van der Waals surface area contributed by atoms with E-state index in [1.54, 1.807) is 25.1 Å². The number of nitrogens with zero attached hydrogens (tertiary/aromatic N) is 1. The molecule has 0 aliphatic heterocycles. The molecule has 0 unspecified atom stereocenters. The van der Waals surface area contributed by atoms with Gasteiger partial charge in [0.15, 0.2) is 0 Å². The van der Waals surface area contributed by atoms with E-state index in [4.69, 9.17) is 4.74 Å². The third-order valence-corrected chi connectivity index (χ3v) is 5.53. The Morgan fingerprint density at radius 3 is 2.56 bits per heavy atom. The Kier molecular flexibility index (Phi) is 6.79. The van der Waals surface area contributed by atoms with Gasteiger partial charge in [0.25, 0.3) is 15.9 Å². The number of hydrogen-bond acceptors (Lipinski definition) is 5. The number of rotatable bonds is 8. The number of pyridine rings is 1. The van der Waals surface area contributed by atoms with Crippen LogP contribution in [-0.2, 0) is 10.0 Å². The number of nitrogens with one attached hydrogen (secondary N) is 2. The predicted octanol–water partition coefficient (Wildman–Crippen LogP) is 3.06. The van der Waals surface area contributed by atoms with Gasteiger partial charge in [-0.1, -0.05) is 26.0 Å². The molecule has 2 N–H and O–H groups in total. The van der Waals surface area contributed by atoms with Crippen molar-refractivity contribution in [1.29, 1.82) is 0 Å². The second-order valence-electron chi connectivity index (χ2n) is 6.41. The molecular formula is C19H25N3O4S. The van der Waals surface area contributed by atoms with Gasteiger partial charge in [-0.2, -0.15) is 0 Å². The molecule has 2 rings (SSSR count). The van der Waals surface area contributed by atoms with E-state index in [9.17, 15) is 13.2 Å². The molecule has 0 fully saturated rings. The van der Waals surface area contributed by atoms with E-state index in [0.717, 1.165) is 0 Å². The van der Waals surface area contributed by atoms with Crippen LogP contribution in [0.1, 0.15) is 38.1 Å². The van der Waals surface area contributed by atoms with Gasteiger partial charge >= 0.3 is 0 Å². The lowest BCUT2D eigenvalue weighted by molar-refractivity contribution is 0.0927. The van der Waals surface area contributed by atoms with Crippen LogP contribution >= 0.6 is 0 Å². The van der Waals surface area contributed by atoms with E-state index >= 15 is 0 Å². The van der Waals surface area contributed by atoms with Crippen LogP contribution in [0.25, 0.3) is 0 Å². The van der Waals surface area contributed by atoms with Crippen LogP contribution < -0.4 is 14.8 Å². The molecule has 1 aromatic carbocycles. The highest BCUT2D eigenvalue weighted by molar-refractivity contribution is 7.92. The van der Waals surface area contributed by atoms with Crippen molar-refractivity contribution in [2.75, 3.05) is 11.3 Å². The second-order valence-corrected chi connectivity index (χ2v) is 8.06. The molecule has 27 heavy (non-hydrogen) atoms. The number of sulfonamides is 1. The van der Waals surface area contributed by atoms with Crippen LogP contribution in [0.15, 0.2) is 47.6 Å². The first-order chi connectivity index (χ1) is 12.8.